The smallest absolute Gasteiger partial charge is 0.291 e. The van der Waals surface area contributed by atoms with Gasteiger partial charge in [0.25, 0.3) is 5.69 Å². The van der Waals surface area contributed by atoms with Gasteiger partial charge in [0.1, 0.15) is 17.8 Å². The first-order valence-corrected chi connectivity index (χ1v) is 7.26. The van der Waals surface area contributed by atoms with E-state index < -0.39 is 4.92 Å². The van der Waals surface area contributed by atoms with E-state index in [0.29, 0.717) is 10.0 Å². The lowest BCUT2D eigenvalue weighted by Crippen LogP contribution is -2.36. The van der Waals surface area contributed by atoms with Gasteiger partial charge >= 0.3 is 0 Å². The van der Waals surface area contributed by atoms with Gasteiger partial charge < -0.3 is 4.90 Å². The number of hydrogen-bond donors (Lipinski definition) is 0. The number of nitrogens with zero attached hydrogens (tertiary/aromatic N) is 3. The summed E-state index contributed by atoms with van der Waals surface area (Å²) in [6.45, 7) is 4.82. The van der Waals surface area contributed by atoms with Crippen molar-refractivity contribution in [3.8, 4) is 0 Å². The molecule has 20 heavy (non-hydrogen) atoms. The van der Waals surface area contributed by atoms with Crippen LogP contribution in [0.2, 0.25) is 0 Å². The van der Waals surface area contributed by atoms with Crippen LogP contribution in [-0.4, -0.2) is 28.8 Å². The predicted octanol–water partition coefficient (Wildman–Crippen LogP) is 2.87. The van der Waals surface area contributed by atoms with Crippen LogP contribution in [0.25, 0.3) is 0 Å². The largest absolute Gasteiger partial charge is 0.356 e. The highest BCUT2D eigenvalue weighted by Gasteiger charge is 2.26. The van der Waals surface area contributed by atoms with E-state index in [9.17, 15) is 14.9 Å². The molecule has 1 fully saturated rings. The quantitative estimate of drug-likeness (QED) is 0.624. The molecule has 0 unspecified atom stereocenters. The molecule has 0 spiro atoms. The third kappa shape index (κ3) is 2.82. The molecule has 6 nitrogen and oxygen atoms in total. The highest BCUT2D eigenvalue weighted by molar-refractivity contribution is 9.10. The van der Waals surface area contributed by atoms with Crippen LogP contribution in [0.1, 0.15) is 25.3 Å². The monoisotopic (exact) mass is 341 g/mol. The van der Waals surface area contributed by atoms with Crippen LogP contribution in [-0.2, 0) is 4.79 Å². The van der Waals surface area contributed by atoms with Gasteiger partial charge in [-0.05, 0) is 42.6 Å². The van der Waals surface area contributed by atoms with Crippen LogP contribution in [0.5, 0.6) is 0 Å². The van der Waals surface area contributed by atoms with Crippen LogP contribution in [0, 0.1) is 23.0 Å². The number of ketones is 1. The number of nitro groups is 1. The van der Waals surface area contributed by atoms with E-state index in [1.54, 1.807) is 13.8 Å². The molecule has 1 saturated heterocycles. The molecule has 1 aromatic rings. The Labute approximate surface area is 125 Å². The number of hydrogen-bond acceptors (Lipinski definition) is 5. The average Bonchev–Trinajstić information content (AvgIpc) is 2.41. The number of aromatic nitrogens is 1. The van der Waals surface area contributed by atoms with Crippen LogP contribution < -0.4 is 4.90 Å². The van der Waals surface area contributed by atoms with Crippen molar-refractivity contribution in [2.45, 2.75) is 26.7 Å². The summed E-state index contributed by atoms with van der Waals surface area (Å²) in [5.41, 5.74) is 0.591. The fourth-order valence-corrected chi connectivity index (χ4v) is 3.01. The summed E-state index contributed by atoms with van der Waals surface area (Å²) in [6, 6.07) is 0. The van der Waals surface area contributed by atoms with Crippen LogP contribution in [0.15, 0.2) is 10.7 Å². The van der Waals surface area contributed by atoms with Crippen molar-refractivity contribution in [1.82, 2.24) is 4.98 Å². The zero-order valence-electron chi connectivity index (χ0n) is 11.4. The maximum atomic E-state index is 11.4. The molecule has 0 aromatic carbocycles. The summed E-state index contributed by atoms with van der Waals surface area (Å²) in [7, 11) is 0. The summed E-state index contributed by atoms with van der Waals surface area (Å²) < 4.78 is 0.660. The van der Waals surface area contributed by atoms with Gasteiger partial charge in [-0.2, -0.15) is 0 Å². The summed E-state index contributed by atoms with van der Waals surface area (Å²) >= 11 is 3.40. The number of anilines is 1. The Balaban J connectivity index is 2.21. The Bertz CT molecular complexity index is 554. The maximum Gasteiger partial charge on any atom is 0.291 e. The van der Waals surface area contributed by atoms with Crippen LogP contribution in [0.4, 0.5) is 11.5 Å². The molecule has 2 rings (SSSR count). The number of carbonyl (C=O) groups is 1. The Hall–Kier alpha value is -1.50. The van der Waals surface area contributed by atoms with E-state index >= 15 is 0 Å². The van der Waals surface area contributed by atoms with Crippen molar-refractivity contribution >= 4 is 33.2 Å². The van der Waals surface area contributed by atoms with Crippen LogP contribution in [0.3, 0.4) is 0 Å². The lowest BCUT2D eigenvalue weighted by molar-refractivity contribution is -0.385. The number of carbonyl (C=O) groups excluding carboxylic acids is 1. The van der Waals surface area contributed by atoms with Gasteiger partial charge in [-0.3, -0.25) is 14.9 Å². The van der Waals surface area contributed by atoms with Crippen LogP contribution >= 0.6 is 15.9 Å². The number of Topliss-reactive ketones (excluding diaryl/α,β-unsaturated/α-hetero) is 1. The molecule has 108 valence electrons. The van der Waals surface area contributed by atoms with Gasteiger partial charge in [-0.15, -0.1) is 0 Å². The third-order valence-electron chi connectivity index (χ3n) is 3.78. The number of piperidine rings is 1. The first-order valence-electron chi connectivity index (χ1n) is 6.46. The van der Waals surface area contributed by atoms with Gasteiger partial charge in [0.2, 0.25) is 0 Å². The minimum atomic E-state index is -0.432. The molecule has 1 aliphatic rings. The van der Waals surface area contributed by atoms with E-state index in [0.717, 1.165) is 31.7 Å². The van der Waals surface area contributed by atoms with Gasteiger partial charge in [-0.1, -0.05) is 0 Å². The normalized spacial score (nSPS) is 16.2. The van der Waals surface area contributed by atoms with E-state index in [1.165, 1.54) is 6.20 Å². The molecule has 0 N–H and O–H groups in total. The minimum absolute atomic E-state index is 0.0132. The van der Waals surface area contributed by atoms with Crippen molar-refractivity contribution in [1.29, 1.82) is 0 Å². The second kappa shape index (κ2) is 5.87. The standard InChI is InChI=1S/C13H16BrN3O3/c1-8-11(17(19)20)7-15-13(12(8)14)16-5-3-10(4-6-16)9(2)18/h7,10H,3-6H2,1-2H3. The SMILES string of the molecule is CC(=O)C1CCN(c2ncc([N+](=O)[O-])c(C)c2Br)CC1. The lowest BCUT2D eigenvalue weighted by Gasteiger charge is -2.32. The van der Waals surface area contributed by atoms with Gasteiger partial charge in [0.05, 0.1) is 9.40 Å². The second-order valence-electron chi connectivity index (χ2n) is 5.04. The molecule has 0 amide bonds. The third-order valence-corrected chi connectivity index (χ3v) is 4.73. The molecule has 1 aromatic heterocycles. The van der Waals surface area contributed by atoms with E-state index in [1.807, 2.05) is 0 Å². The maximum absolute atomic E-state index is 11.4. The van der Waals surface area contributed by atoms with Crippen molar-refractivity contribution in [2.24, 2.45) is 5.92 Å². The Morgan fingerprint density at radius 2 is 2.10 bits per heavy atom. The highest BCUT2D eigenvalue weighted by atomic mass is 79.9. The predicted molar refractivity (Wildman–Crippen MR) is 78.9 cm³/mol. The fraction of sp³-hybridized carbons (Fsp3) is 0.538. The molecule has 1 aliphatic heterocycles. The Morgan fingerprint density at radius 3 is 2.60 bits per heavy atom. The highest BCUT2D eigenvalue weighted by Crippen LogP contribution is 2.34. The van der Waals surface area contributed by atoms with Gasteiger partial charge in [-0.25, -0.2) is 4.98 Å². The van der Waals surface area contributed by atoms with Crippen molar-refractivity contribution in [3.63, 3.8) is 0 Å². The van der Waals surface area contributed by atoms with Gasteiger partial charge in [0.15, 0.2) is 0 Å². The fourth-order valence-electron chi connectivity index (χ4n) is 2.46. The summed E-state index contributed by atoms with van der Waals surface area (Å²) in [4.78, 5) is 28.1. The van der Waals surface area contributed by atoms with Crippen molar-refractivity contribution < 1.29 is 9.72 Å². The first-order chi connectivity index (χ1) is 9.41. The Kier molecular flexibility index (Phi) is 4.37. The zero-order chi connectivity index (χ0) is 14.9. The van der Waals surface area contributed by atoms with E-state index in [2.05, 4.69) is 25.8 Å². The lowest BCUT2D eigenvalue weighted by atomic mass is 9.93. The van der Waals surface area contributed by atoms with Crippen molar-refractivity contribution in [2.75, 3.05) is 18.0 Å². The first kappa shape index (κ1) is 14.9. The molecule has 0 aliphatic carbocycles. The molecule has 7 heteroatoms. The van der Waals surface area contributed by atoms with E-state index in [4.69, 9.17) is 0 Å². The summed E-state index contributed by atoms with van der Waals surface area (Å²) in [5.74, 6) is 1.08. The van der Waals surface area contributed by atoms with Crippen molar-refractivity contribution in [3.05, 3.63) is 26.3 Å². The van der Waals surface area contributed by atoms with E-state index in [-0.39, 0.29) is 17.4 Å². The molecular weight excluding hydrogens is 326 g/mol. The Morgan fingerprint density at radius 1 is 1.50 bits per heavy atom. The zero-order valence-corrected chi connectivity index (χ0v) is 13.0. The number of rotatable bonds is 3. The topological polar surface area (TPSA) is 76.3 Å². The van der Waals surface area contributed by atoms with Gasteiger partial charge in [0, 0.05) is 24.6 Å². The molecule has 0 bridgehead atoms. The average molecular weight is 342 g/mol. The molecular formula is C13H16BrN3O3. The minimum Gasteiger partial charge on any atom is -0.356 e. The second-order valence-corrected chi connectivity index (χ2v) is 5.83. The molecule has 2 heterocycles. The summed E-state index contributed by atoms with van der Waals surface area (Å²) in [5, 5.41) is 10.9. The number of pyridine rings is 1. The molecule has 0 radical (unpaired) electrons. The molecule has 0 atom stereocenters. The number of halogens is 1. The molecule has 0 saturated carbocycles. The summed E-state index contributed by atoms with van der Waals surface area (Å²) in [6.07, 6.45) is 2.91.